The highest BCUT2D eigenvalue weighted by molar-refractivity contribution is 5.94. The van der Waals surface area contributed by atoms with Crippen molar-refractivity contribution >= 4 is 11.7 Å². The smallest absolute Gasteiger partial charge is 0.253 e. The molecule has 0 saturated carbocycles. The molecule has 22 heavy (non-hydrogen) atoms. The van der Waals surface area contributed by atoms with Crippen molar-refractivity contribution in [1.29, 1.82) is 0 Å². The number of aromatic nitrogens is 1. The largest absolute Gasteiger partial charge is 0.355 e. The van der Waals surface area contributed by atoms with Crippen LogP contribution in [0.4, 0.5) is 5.82 Å². The standard InChI is InChI=1S/C17H24N4O/c1-3-8-18-17(22)15-6-7-16(19-14-15)21-11-5-10-20(9-4-2)12-13-21/h1,6-7,14H,4-5,8-13H2,2H3,(H,18,22). The molecule has 1 saturated heterocycles. The molecule has 2 rings (SSSR count). The van der Waals surface area contributed by atoms with Gasteiger partial charge in [-0.25, -0.2) is 4.98 Å². The van der Waals surface area contributed by atoms with Crippen molar-refractivity contribution in [2.45, 2.75) is 19.8 Å². The van der Waals surface area contributed by atoms with Crippen LogP contribution in [0, 0.1) is 12.3 Å². The third-order valence-electron chi connectivity index (χ3n) is 3.81. The van der Waals surface area contributed by atoms with E-state index in [1.807, 2.05) is 12.1 Å². The summed E-state index contributed by atoms with van der Waals surface area (Å²) < 4.78 is 0. The molecule has 0 bridgehead atoms. The zero-order valence-electron chi connectivity index (χ0n) is 13.2. The fourth-order valence-corrected chi connectivity index (χ4v) is 2.68. The molecule has 5 nitrogen and oxygen atoms in total. The van der Waals surface area contributed by atoms with E-state index in [9.17, 15) is 4.79 Å². The molecule has 1 fully saturated rings. The number of pyridine rings is 1. The Hall–Kier alpha value is -2.06. The van der Waals surface area contributed by atoms with Crippen molar-refractivity contribution in [1.82, 2.24) is 15.2 Å². The molecule has 1 amide bonds. The average molecular weight is 300 g/mol. The van der Waals surface area contributed by atoms with E-state index in [1.54, 1.807) is 6.20 Å². The normalized spacial score (nSPS) is 15.9. The number of carbonyl (C=O) groups is 1. The lowest BCUT2D eigenvalue weighted by Gasteiger charge is -2.22. The molecule has 2 heterocycles. The first-order chi connectivity index (χ1) is 10.7. The summed E-state index contributed by atoms with van der Waals surface area (Å²) in [5.74, 6) is 3.15. The zero-order valence-corrected chi connectivity index (χ0v) is 13.2. The molecular weight excluding hydrogens is 276 g/mol. The summed E-state index contributed by atoms with van der Waals surface area (Å²) in [6.45, 7) is 7.83. The van der Waals surface area contributed by atoms with Crippen molar-refractivity contribution in [2.24, 2.45) is 0 Å². The predicted octanol–water partition coefficient (Wildman–Crippen LogP) is 1.37. The minimum atomic E-state index is -0.179. The summed E-state index contributed by atoms with van der Waals surface area (Å²) in [5, 5.41) is 2.64. The highest BCUT2D eigenvalue weighted by Gasteiger charge is 2.15. The molecule has 5 heteroatoms. The summed E-state index contributed by atoms with van der Waals surface area (Å²) in [6.07, 6.45) is 9.09. The van der Waals surface area contributed by atoms with Crippen LogP contribution in [-0.2, 0) is 0 Å². The number of rotatable bonds is 5. The van der Waals surface area contributed by atoms with Crippen LogP contribution in [0.2, 0.25) is 0 Å². The maximum atomic E-state index is 11.8. The van der Waals surface area contributed by atoms with Gasteiger partial charge < -0.3 is 15.1 Å². The highest BCUT2D eigenvalue weighted by Crippen LogP contribution is 2.14. The SMILES string of the molecule is C#CCNC(=O)c1ccc(N2CCCN(CCC)CC2)nc1. The lowest BCUT2D eigenvalue weighted by molar-refractivity contribution is 0.0958. The molecule has 0 aliphatic carbocycles. The number of amides is 1. The van der Waals surface area contributed by atoms with Gasteiger partial charge in [0, 0.05) is 25.8 Å². The van der Waals surface area contributed by atoms with E-state index in [0.717, 1.165) is 45.0 Å². The summed E-state index contributed by atoms with van der Waals surface area (Å²) in [4.78, 5) is 21.0. The zero-order chi connectivity index (χ0) is 15.8. The Morgan fingerprint density at radius 3 is 2.91 bits per heavy atom. The van der Waals surface area contributed by atoms with Crippen LogP contribution < -0.4 is 10.2 Å². The van der Waals surface area contributed by atoms with Crippen molar-refractivity contribution in [3.05, 3.63) is 23.9 Å². The van der Waals surface area contributed by atoms with Gasteiger partial charge in [-0.1, -0.05) is 12.8 Å². The summed E-state index contributed by atoms with van der Waals surface area (Å²) in [5.41, 5.74) is 0.543. The molecule has 0 atom stereocenters. The molecule has 1 aromatic rings. The van der Waals surface area contributed by atoms with Crippen molar-refractivity contribution < 1.29 is 4.79 Å². The second-order valence-corrected chi connectivity index (χ2v) is 5.47. The van der Waals surface area contributed by atoms with Gasteiger partial charge >= 0.3 is 0 Å². The molecule has 118 valence electrons. The second kappa shape index (κ2) is 8.40. The summed E-state index contributed by atoms with van der Waals surface area (Å²) in [6, 6.07) is 3.73. The quantitative estimate of drug-likeness (QED) is 0.834. The van der Waals surface area contributed by atoms with E-state index in [0.29, 0.717) is 5.56 Å². The minimum Gasteiger partial charge on any atom is -0.355 e. The van der Waals surface area contributed by atoms with E-state index in [4.69, 9.17) is 6.42 Å². The van der Waals surface area contributed by atoms with Crippen molar-refractivity contribution in [2.75, 3.05) is 44.2 Å². The maximum absolute atomic E-state index is 11.8. The molecule has 0 radical (unpaired) electrons. The van der Waals surface area contributed by atoms with Crippen LogP contribution in [0.3, 0.4) is 0 Å². The predicted molar refractivity (Wildman–Crippen MR) is 89.0 cm³/mol. The van der Waals surface area contributed by atoms with Gasteiger partial charge in [-0.3, -0.25) is 4.79 Å². The van der Waals surface area contributed by atoms with Gasteiger partial charge in [-0.15, -0.1) is 6.42 Å². The Bertz CT molecular complexity index is 520. The molecule has 1 aliphatic rings. The first kappa shape index (κ1) is 16.3. The number of terminal acetylenes is 1. The third-order valence-corrected chi connectivity index (χ3v) is 3.81. The Morgan fingerprint density at radius 1 is 1.36 bits per heavy atom. The lowest BCUT2D eigenvalue weighted by Crippen LogP contribution is -2.31. The fraction of sp³-hybridized carbons (Fsp3) is 0.529. The van der Waals surface area contributed by atoms with E-state index in [1.165, 1.54) is 6.42 Å². The minimum absolute atomic E-state index is 0.179. The average Bonchev–Trinajstić information content (AvgIpc) is 2.79. The van der Waals surface area contributed by atoms with Crippen molar-refractivity contribution in [3.63, 3.8) is 0 Å². The van der Waals surface area contributed by atoms with Crippen LogP contribution in [0.25, 0.3) is 0 Å². The van der Waals surface area contributed by atoms with Crippen LogP contribution in [-0.4, -0.2) is 55.1 Å². The molecule has 1 aliphatic heterocycles. The van der Waals surface area contributed by atoms with Gasteiger partial charge in [0.2, 0.25) is 0 Å². The summed E-state index contributed by atoms with van der Waals surface area (Å²) in [7, 11) is 0. The number of anilines is 1. The summed E-state index contributed by atoms with van der Waals surface area (Å²) >= 11 is 0. The first-order valence-corrected chi connectivity index (χ1v) is 7.89. The van der Waals surface area contributed by atoms with Gasteiger partial charge in [-0.2, -0.15) is 0 Å². The Kier molecular flexibility index (Phi) is 6.23. The van der Waals surface area contributed by atoms with E-state index >= 15 is 0 Å². The Morgan fingerprint density at radius 2 is 2.23 bits per heavy atom. The third kappa shape index (κ3) is 4.47. The van der Waals surface area contributed by atoms with E-state index in [-0.39, 0.29) is 12.5 Å². The monoisotopic (exact) mass is 300 g/mol. The number of nitrogens with zero attached hydrogens (tertiary/aromatic N) is 3. The Balaban J connectivity index is 1.95. The molecule has 1 aromatic heterocycles. The first-order valence-electron chi connectivity index (χ1n) is 7.89. The van der Waals surface area contributed by atoms with E-state index in [2.05, 4.69) is 32.9 Å². The highest BCUT2D eigenvalue weighted by atomic mass is 16.1. The number of carbonyl (C=O) groups excluding carboxylic acids is 1. The molecule has 0 spiro atoms. The van der Waals surface area contributed by atoms with Gasteiger partial charge in [0.05, 0.1) is 12.1 Å². The molecular formula is C17H24N4O. The molecule has 1 N–H and O–H groups in total. The van der Waals surface area contributed by atoms with Gasteiger partial charge in [0.15, 0.2) is 0 Å². The van der Waals surface area contributed by atoms with Crippen molar-refractivity contribution in [3.8, 4) is 12.3 Å². The number of hydrogen-bond donors (Lipinski definition) is 1. The maximum Gasteiger partial charge on any atom is 0.253 e. The van der Waals surface area contributed by atoms with Crippen LogP contribution in [0.1, 0.15) is 30.1 Å². The van der Waals surface area contributed by atoms with Gasteiger partial charge in [0.25, 0.3) is 5.91 Å². The number of nitrogens with one attached hydrogen (secondary N) is 1. The van der Waals surface area contributed by atoms with Crippen LogP contribution in [0.15, 0.2) is 18.3 Å². The fourth-order valence-electron chi connectivity index (χ4n) is 2.68. The second-order valence-electron chi connectivity index (χ2n) is 5.47. The number of hydrogen-bond acceptors (Lipinski definition) is 4. The topological polar surface area (TPSA) is 48.5 Å². The van der Waals surface area contributed by atoms with Gasteiger partial charge in [0.1, 0.15) is 5.82 Å². The van der Waals surface area contributed by atoms with E-state index < -0.39 is 0 Å². The lowest BCUT2D eigenvalue weighted by atomic mass is 10.2. The van der Waals surface area contributed by atoms with Crippen LogP contribution in [0.5, 0.6) is 0 Å². The van der Waals surface area contributed by atoms with Gasteiger partial charge in [-0.05, 0) is 38.1 Å². The molecule has 0 aromatic carbocycles. The molecule has 0 unspecified atom stereocenters. The van der Waals surface area contributed by atoms with Crippen LogP contribution >= 0.6 is 0 Å². The Labute approximate surface area is 132 Å².